The maximum absolute atomic E-state index is 5.47. The van der Waals surface area contributed by atoms with Gasteiger partial charge in [-0.3, -0.25) is 0 Å². The SMILES string of the molecule is CCCNCc1ccccc1N(CC)Cc1ccco1. The van der Waals surface area contributed by atoms with Crippen molar-refractivity contribution >= 4 is 5.69 Å². The zero-order chi connectivity index (χ0) is 14.2. The molecule has 1 N–H and O–H groups in total. The van der Waals surface area contributed by atoms with Crippen molar-refractivity contribution in [3.8, 4) is 0 Å². The Hall–Kier alpha value is -1.74. The van der Waals surface area contributed by atoms with E-state index in [4.69, 9.17) is 4.42 Å². The van der Waals surface area contributed by atoms with E-state index in [1.807, 2.05) is 12.1 Å². The zero-order valence-electron chi connectivity index (χ0n) is 12.4. The summed E-state index contributed by atoms with van der Waals surface area (Å²) < 4.78 is 5.47. The summed E-state index contributed by atoms with van der Waals surface area (Å²) in [4.78, 5) is 2.35. The first kappa shape index (κ1) is 14.7. The fourth-order valence-electron chi connectivity index (χ4n) is 2.33. The highest BCUT2D eigenvalue weighted by molar-refractivity contribution is 5.53. The third-order valence-corrected chi connectivity index (χ3v) is 3.38. The fourth-order valence-corrected chi connectivity index (χ4v) is 2.33. The minimum atomic E-state index is 0.814. The molecule has 20 heavy (non-hydrogen) atoms. The van der Waals surface area contributed by atoms with Crippen molar-refractivity contribution < 1.29 is 4.42 Å². The van der Waals surface area contributed by atoms with Gasteiger partial charge in [0.25, 0.3) is 0 Å². The molecule has 0 atom stereocenters. The maximum Gasteiger partial charge on any atom is 0.123 e. The molecule has 2 aromatic rings. The van der Waals surface area contributed by atoms with Gasteiger partial charge >= 0.3 is 0 Å². The van der Waals surface area contributed by atoms with Gasteiger partial charge in [-0.2, -0.15) is 0 Å². The standard InChI is InChI=1S/C17H24N2O/c1-3-11-18-13-15-8-5-6-10-17(15)19(4-2)14-16-9-7-12-20-16/h5-10,12,18H,3-4,11,13-14H2,1-2H3. The average Bonchev–Trinajstić information content (AvgIpc) is 2.99. The van der Waals surface area contributed by atoms with Crippen molar-refractivity contribution in [2.75, 3.05) is 18.0 Å². The molecule has 108 valence electrons. The summed E-state index contributed by atoms with van der Waals surface area (Å²) in [5.41, 5.74) is 2.63. The Bertz CT molecular complexity index is 493. The molecule has 0 spiro atoms. The van der Waals surface area contributed by atoms with Crippen LogP contribution in [0.1, 0.15) is 31.6 Å². The number of hydrogen-bond donors (Lipinski definition) is 1. The minimum Gasteiger partial charge on any atom is -0.467 e. The van der Waals surface area contributed by atoms with Crippen molar-refractivity contribution in [2.45, 2.75) is 33.4 Å². The summed E-state index contributed by atoms with van der Waals surface area (Å²) in [5, 5.41) is 3.48. The molecule has 0 radical (unpaired) electrons. The molecule has 0 bridgehead atoms. The van der Waals surface area contributed by atoms with Crippen LogP contribution in [-0.2, 0) is 13.1 Å². The zero-order valence-corrected chi connectivity index (χ0v) is 12.4. The molecular weight excluding hydrogens is 248 g/mol. The van der Waals surface area contributed by atoms with E-state index in [1.54, 1.807) is 6.26 Å². The molecule has 2 rings (SSSR count). The number of rotatable bonds is 8. The molecule has 1 aromatic heterocycles. The molecule has 0 saturated carbocycles. The normalized spacial score (nSPS) is 10.7. The summed E-state index contributed by atoms with van der Waals surface area (Å²) in [6, 6.07) is 12.6. The number of para-hydroxylation sites is 1. The van der Waals surface area contributed by atoms with E-state index in [9.17, 15) is 0 Å². The quantitative estimate of drug-likeness (QED) is 0.741. The van der Waals surface area contributed by atoms with Crippen molar-refractivity contribution in [3.63, 3.8) is 0 Å². The first-order valence-corrected chi connectivity index (χ1v) is 7.41. The molecule has 0 aliphatic heterocycles. The molecule has 0 amide bonds. The summed E-state index contributed by atoms with van der Waals surface area (Å²) in [7, 11) is 0. The molecule has 0 aliphatic rings. The number of anilines is 1. The van der Waals surface area contributed by atoms with E-state index in [0.29, 0.717) is 0 Å². The number of hydrogen-bond acceptors (Lipinski definition) is 3. The lowest BCUT2D eigenvalue weighted by Gasteiger charge is -2.25. The van der Waals surface area contributed by atoms with Crippen molar-refractivity contribution in [2.24, 2.45) is 0 Å². The van der Waals surface area contributed by atoms with Crippen LogP contribution in [0.5, 0.6) is 0 Å². The predicted molar refractivity (Wildman–Crippen MR) is 83.9 cm³/mol. The van der Waals surface area contributed by atoms with Gasteiger partial charge in [0, 0.05) is 18.8 Å². The Morgan fingerprint density at radius 3 is 2.65 bits per heavy atom. The second-order valence-corrected chi connectivity index (χ2v) is 4.90. The van der Waals surface area contributed by atoms with Crippen LogP contribution < -0.4 is 10.2 Å². The van der Waals surface area contributed by atoms with E-state index in [0.717, 1.165) is 38.4 Å². The lowest BCUT2D eigenvalue weighted by Crippen LogP contribution is -2.24. The first-order chi connectivity index (χ1) is 9.85. The number of furan rings is 1. The van der Waals surface area contributed by atoms with Gasteiger partial charge in [0.05, 0.1) is 12.8 Å². The van der Waals surface area contributed by atoms with Crippen LogP contribution in [0.2, 0.25) is 0 Å². The predicted octanol–water partition coefficient (Wildman–Crippen LogP) is 3.81. The van der Waals surface area contributed by atoms with Gasteiger partial charge in [0.1, 0.15) is 5.76 Å². The highest BCUT2D eigenvalue weighted by atomic mass is 16.3. The second-order valence-electron chi connectivity index (χ2n) is 4.90. The van der Waals surface area contributed by atoms with Gasteiger partial charge in [-0.15, -0.1) is 0 Å². The number of nitrogens with zero attached hydrogens (tertiary/aromatic N) is 1. The lowest BCUT2D eigenvalue weighted by molar-refractivity contribution is 0.503. The lowest BCUT2D eigenvalue weighted by atomic mass is 10.1. The van der Waals surface area contributed by atoms with Crippen molar-refractivity contribution in [1.29, 1.82) is 0 Å². The molecule has 0 fully saturated rings. The molecule has 0 aliphatic carbocycles. The highest BCUT2D eigenvalue weighted by Gasteiger charge is 2.10. The summed E-state index contributed by atoms with van der Waals surface area (Å²) >= 11 is 0. The molecule has 0 unspecified atom stereocenters. The van der Waals surface area contributed by atoms with Gasteiger partial charge in [0.15, 0.2) is 0 Å². The van der Waals surface area contributed by atoms with E-state index in [-0.39, 0.29) is 0 Å². The van der Waals surface area contributed by atoms with Gasteiger partial charge in [-0.25, -0.2) is 0 Å². The van der Waals surface area contributed by atoms with Crippen LogP contribution in [0.4, 0.5) is 5.69 Å². The van der Waals surface area contributed by atoms with Crippen LogP contribution in [0.15, 0.2) is 47.1 Å². The van der Waals surface area contributed by atoms with Crippen LogP contribution >= 0.6 is 0 Å². The average molecular weight is 272 g/mol. The first-order valence-electron chi connectivity index (χ1n) is 7.41. The fraction of sp³-hybridized carbons (Fsp3) is 0.412. The van der Waals surface area contributed by atoms with E-state index < -0.39 is 0 Å². The molecular formula is C17H24N2O. The van der Waals surface area contributed by atoms with Gasteiger partial charge < -0.3 is 14.6 Å². The molecule has 1 aromatic carbocycles. The Labute approximate surface area is 121 Å². The van der Waals surface area contributed by atoms with Gasteiger partial charge in [0.2, 0.25) is 0 Å². The van der Waals surface area contributed by atoms with Gasteiger partial charge in [-0.1, -0.05) is 25.1 Å². The summed E-state index contributed by atoms with van der Waals surface area (Å²) in [6.45, 7) is 8.12. The van der Waals surface area contributed by atoms with Crippen LogP contribution in [-0.4, -0.2) is 13.1 Å². The topological polar surface area (TPSA) is 28.4 Å². The summed E-state index contributed by atoms with van der Waals surface area (Å²) in [5.74, 6) is 1.00. The van der Waals surface area contributed by atoms with Crippen molar-refractivity contribution in [3.05, 3.63) is 54.0 Å². The Morgan fingerprint density at radius 2 is 1.95 bits per heavy atom. The third-order valence-electron chi connectivity index (χ3n) is 3.38. The summed E-state index contributed by atoms with van der Waals surface area (Å²) in [6.07, 6.45) is 2.89. The Morgan fingerprint density at radius 1 is 1.10 bits per heavy atom. The number of nitrogens with one attached hydrogen (secondary N) is 1. The molecule has 3 nitrogen and oxygen atoms in total. The minimum absolute atomic E-state index is 0.814. The van der Waals surface area contributed by atoms with Crippen LogP contribution in [0, 0.1) is 0 Å². The van der Waals surface area contributed by atoms with Gasteiger partial charge in [-0.05, 0) is 43.7 Å². The largest absolute Gasteiger partial charge is 0.467 e. The van der Waals surface area contributed by atoms with E-state index in [2.05, 4.69) is 48.3 Å². The third kappa shape index (κ3) is 3.87. The van der Waals surface area contributed by atoms with Crippen molar-refractivity contribution in [1.82, 2.24) is 5.32 Å². The van der Waals surface area contributed by atoms with Crippen LogP contribution in [0.25, 0.3) is 0 Å². The maximum atomic E-state index is 5.47. The van der Waals surface area contributed by atoms with E-state index >= 15 is 0 Å². The number of benzene rings is 1. The van der Waals surface area contributed by atoms with Crippen LogP contribution in [0.3, 0.4) is 0 Å². The molecule has 1 heterocycles. The molecule has 0 saturated heterocycles. The highest BCUT2D eigenvalue weighted by Crippen LogP contribution is 2.22. The second kappa shape index (κ2) is 7.75. The van der Waals surface area contributed by atoms with E-state index in [1.165, 1.54) is 11.3 Å². The monoisotopic (exact) mass is 272 g/mol. The smallest absolute Gasteiger partial charge is 0.123 e. The molecule has 3 heteroatoms. The Balaban J connectivity index is 2.11. The Kier molecular flexibility index (Phi) is 5.69.